The molecule has 2 heterocycles. The average molecular weight is 307 g/mol. The van der Waals surface area contributed by atoms with Crippen LogP contribution in [0.4, 0.5) is 0 Å². The second-order valence-corrected chi connectivity index (χ2v) is 5.40. The van der Waals surface area contributed by atoms with E-state index in [0.29, 0.717) is 36.9 Å². The third-order valence-electron chi connectivity index (χ3n) is 3.69. The van der Waals surface area contributed by atoms with Crippen molar-refractivity contribution >= 4 is 17.5 Å². The molecule has 21 heavy (non-hydrogen) atoms. The number of nitrogens with zero attached hydrogens (tertiary/aromatic N) is 3. The Hall–Kier alpha value is -2.08. The summed E-state index contributed by atoms with van der Waals surface area (Å²) in [6.07, 6.45) is 0.853. The van der Waals surface area contributed by atoms with E-state index in [-0.39, 0.29) is 18.0 Å². The highest BCUT2D eigenvalue weighted by Gasteiger charge is 2.21. The lowest BCUT2D eigenvalue weighted by atomic mass is 10.1. The molecule has 1 aliphatic heterocycles. The monoisotopic (exact) mass is 306 g/mol. The maximum absolute atomic E-state index is 12.4. The van der Waals surface area contributed by atoms with Crippen LogP contribution in [0.5, 0.6) is 0 Å². The molecule has 6 nitrogen and oxygen atoms in total. The fourth-order valence-electron chi connectivity index (χ4n) is 2.51. The van der Waals surface area contributed by atoms with Gasteiger partial charge in [0.05, 0.1) is 6.42 Å². The van der Waals surface area contributed by atoms with Gasteiger partial charge in [-0.05, 0) is 11.6 Å². The van der Waals surface area contributed by atoms with Crippen molar-refractivity contribution in [3.05, 3.63) is 51.2 Å². The number of halogens is 1. The van der Waals surface area contributed by atoms with Gasteiger partial charge in [0, 0.05) is 31.1 Å². The second kappa shape index (κ2) is 5.73. The molecule has 0 bridgehead atoms. The first-order valence-corrected chi connectivity index (χ1v) is 7.18. The number of hydrogen-bond donors (Lipinski definition) is 1. The molecule has 0 saturated heterocycles. The normalized spacial score (nSPS) is 14.6. The quantitative estimate of drug-likeness (QED) is 0.894. The number of aromatic nitrogens is 3. The van der Waals surface area contributed by atoms with Crippen LogP contribution in [-0.2, 0) is 24.2 Å². The molecular formula is C14H15ClN4O2. The molecule has 0 fully saturated rings. The number of aromatic amines is 1. The number of H-pyrrole nitrogens is 1. The van der Waals surface area contributed by atoms with Crippen LogP contribution in [0.3, 0.4) is 0 Å². The molecule has 0 spiro atoms. The number of benzene rings is 1. The largest absolute Gasteiger partial charge is 0.343 e. The summed E-state index contributed by atoms with van der Waals surface area (Å²) in [5.41, 5.74) is 0.606. The summed E-state index contributed by atoms with van der Waals surface area (Å²) in [6.45, 7) is 1.54. The Labute approximate surface area is 126 Å². The van der Waals surface area contributed by atoms with E-state index in [1.807, 2.05) is 18.2 Å². The molecule has 1 N–H and O–H groups in total. The second-order valence-electron chi connectivity index (χ2n) is 5.00. The third kappa shape index (κ3) is 2.85. The van der Waals surface area contributed by atoms with Gasteiger partial charge in [-0.2, -0.15) is 5.10 Å². The zero-order valence-electron chi connectivity index (χ0n) is 11.4. The van der Waals surface area contributed by atoms with Gasteiger partial charge < -0.3 is 4.90 Å². The van der Waals surface area contributed by atoms with Gasteiger partial charge in [0.15, 0.2) is 0 Å². The first-order valence-electron chi connectivity index (χ1n) is 6.80. The van der Waals surface area contributed by atoms with Crippen LogP contribution in [0.1, 0.15) is 11.4 Å². The van der Waals surface area contributed by atoms with Crippen LogP contribution >= 0.6 is 11.6 Å². The Morgan fingerprint density at radius 3 is 2.90 bits per heavy atom. The van der Waals surface area contributed by atoms with Gasteiger partial charge in [-0.1, -0.05) is 29.8 Å². The summed E-state index contributed by atoms with van der Waals surface area (Å²) in [6, 6.07) is 7.34. The Balaban J connectivity index is 1.70. The summed E-state index contributed by atoms with van der Waals surface area (Å²) in [7, 11) is 0. The van der Waals surface area contributed by atoms with Crippen molar-refractivity contribution in [1.82, 2.24) is 19.7 Å². The third-order valence-corrected chi connectivity index (χ3v) is 4.06. The van der Waals surface area contributed by atoms with Crippen LogP contribution in [-0.4, -0.2) is 38.7 Å². The molecular weight excluding hydrogens is 292 g/mol. The highest BCUT2D eigenvalue weighted by Crippen LogP contribution is 2.16. The topological polar surface area (TPSA) is 71.0 Å². The van der Waals surface area contributed by atoms with Crippen LogP contribution in [0.2, 0.25) is 5.02 Å². The van der Waals surface area contributed by atoms with Gasteiger partial charge in [-0.3, -0.25) is 9.36 Å². The molecule has 110 valence electrons. The molecule has 0 saturated carbocycles. The Morgan fingerprint density at radius 2 is 2.10 bits per heavy atom. The lowest BCUT2D eigenvalue weighted by molar-refractivity contribution is -0.130. The van der Waals surface area contributed by atoms with Gasteiger partial charge >= 0.3 is 5.69 Å². The molecule has 3 rings (SSSR count). The molecule has 1 aliphatic rings. The van der Waals surface area contributed by atoms with Crippen LogP contribution in [0.15, 0.2) is 29.1 Å². The van der Waals surface area contributed by atoms with E-state index in [9.17, 15) is 9.59 Å². The van der Waals surface area contributed by atoms with Crippen molar-refractivity contribution < 1.29 is 4.79 Å². The number of amides is 1. The van der Waals surface area contributed by atoms with Gasteiger partial charge in [-0.15, -0.1) is 0 Å². The molecule has 0 atom stereocenters. The highest BCUT2D eigenvalue weighted by atomic mass is 35.5. The van der Waals surface area contributed by atoms with E-state index < -0.39 is 0 Å². The summed E-state index contributed by atoms with van der Waals surface area (Å²) in [5, 5.41) is 7.01. The first-order chi connectivity index (χ1) is 10.1. The van der Waals surface area contributed by atoms with Crippen molar-refractivity contribution in [2.75, 3.05) is 13.1 Å². The fraction of sp³-hybridized carbons (Fsp3) is 0.357. The lowest BCUT2D eigenvalue weighted by Gasteiger charge is -2.20. The summed E-state index contributed by atoms with van der Waals surface area (Å²) >= 11 is 6.09. The van der Waals surface area contributed by atoms with Gasteiger partial charge in [0.25, 0.3) is 0 Å². The predicted octanol–water partition coefficient (Wildman–Crippen LogP) is 0.852. The summed E-state index contributed by atoms with van der Waals surface area (Å²) in [5.74, 6) is 0.721. The van der Waals surface area contributed by atoms with Crippen molar-refractivity contribution in [3.63, 3.8) is 0 Å². The smallest absolute Gasteiger partial charge is 0.340 e. The van der Waals surface area contributed by atoms with E-state index in [0.717, 1.165) is 5.56 Å². The molecule has 0 radical (unpaired) electrons. The molecule has 1 aromatic heterocycles. The van der Waals surface area contributed by atoms with Crippen LogP contribution in [0, 0.1) is 0 Å². The maximum atomic E-state index is 12.4. The number of carbonyl (C=O) groups is 1. The van der Waals surface area contributed by atoms with Gasteiger partial charge in [0.1, 0.15) is 5.82 Å². The average Bonchev–Trinajstić information content (AvgIpc) is 2.71. The maximum Gasteiger partial charge on any atom is 0.343 e. The summed E-state index contributed by atoms with van der Waals surface area (Å²) in [4.78, 5) is 25.7. The first kappa shape index (κ1) is 13.9. The van der Waals surface area contributed by atoms with Crippen molar-refractivity contribution in [2.45, 2.75) is 19.4 Å². The molecule has 7 heteroatoms. The Morgan fingerprint density at radius 1 is 1.29 bits per heavy atom. The molecule has 0 unspecified atom stereocenters. The SMILES string of the molecule is O=C(Cc1ccccc1Cl)N1CCc2n[nH]c(=O)n2CC1. The standard InChI is InChI=1S/C14H15ClN4O2/c15-11-4-2-1-3-10(11)9-13(20)18-6-5-12-16-17-14(21)19(12)8-7-18/h1-4H,5-9H2,(H,17,21). The van der Waals surface area contributed by atoms with Crippen LogP contribution in [0.25, 0.3) is 0 Å². The zero-order valence-corrected chi connectivity index (χ0v) is 12.1. The number of nitrogens with one attached hydrogen (secondary N) is 1. The van der Waals surface area contributed by atoms with Gasteiger partial charge in [0.2, 0.25) is 5.91 Å². The Kier molecular flexibility index (Phi) is 3.79. The van der Waals surface area contributed by atoms with E-state index in [2.05, 4.69) is 10.2 Å². The number of carbonyl (C=O) groups excluding carboxylic acids is 1. The minimum absolute atomic E-state index is 0.0188. The highest BCUT2D eigenvalue weighted by molar-refractivity contribution is 6.31. The fourth-order valence-corrected chi connectivity index (χ4v) is 2.71. The van der Waals surface area contributed by atoms with E-state index >= 15 is 0 Å². The van der Waals surface area contributed by atoms with Gasteiger partial charge in [-0.25, -0.2) is 9.89 Å². The minimum atomic E-state index is -0.217. The van der Waals surface area contributed by atoms with Crippen molar-refractivity contribution in [2.24, 2.45) is 0 Å². The lowest BCUT2D eigenvalue weighted by Crippen LogP contribution is -2.35. The minimum Gasteiger partial charge on any atom is -0.340 e. The molecule has 0 aliphatic carbocycles. The summed E-state index contributed by atoms with van der Waals surface area (Å²) < 4.78 is 1.59. The van der Waals surface area contributed by atoms with E-state index in [1.165, 1.54) is 0 Å². The molecule has 1 amide bonds. The van der Waals surface area contributed by atoms with Crippen molar-refractivity contribution in [1.29, 1.82) is 0 Å². The van der Waals surface area contributed by atoms with Crippen LogP contribution < -0.4 is 5.69 Å². The predicted molar refractivity (Wildman–Crippen MR) is 78.3 cm³/mol. The molecule has 1 aromatic carbocycles. The number of hydrogen-bond acceptors (Lipinski definition) is 3. The molecule has 2 aromatic rings. The van der Waals surface area contributed by atoms with Crippen molar-refractivity contribution in [3.8, 4) is 0 Å². The van der Waals surface area contributed by atoms with E-state index in [1.54, 1.807) is 15.5 Å². The zero-order chi connectivity index (χ0) is 14.8. The Bertz CT molecular complexity index is 722. The van der Waals surface area contributed by atoms with E-state index in [4.69, 9.17) is 11.6 Å². The number of rotatable bonds is 2. The number of fused-ring (bicyclic) bond motifs is 1.